The van der Waals surface area contributed by atoms with Crippen molar-refractivity contribution < 1.29 is 13.5 Å². The number of benzene rings is 2. The molecule has 2 aromatic rings. The number of nitrogens with zero attached hydrogens (tertiary/aromatic N) is 1. The van der Waals surface area contributed by atoms with Crippen molar-refractivity contribution >= 4 is 11.6 Å². The van der Waals surface area contributed by atoms with Crippen LogP contribution in [0.2, 0.25) is 0 Å². The van der Waals surface area contributed by atoms with E-state index in [1.54, 1.807) is 0 Å². The number of rotatable bonds is 6. The number of ether oxygens (including phenoxy) is 1. The number of hydrogen-bond donors (Lipinski definition) is 2. The third-order valence-corrected chi connectivity index (χ3v) is 3.17. The number of aliphatic imine (C=N–C) groups is 1. The molecule has 0 unspecified atom stereocenters. The van der Waals surface area contributed by atoms with E-state index in [9.17, 15) is 8.78 Å². The van der Waals surface area contributed by atoms with Gasteiger partial charge in [0.25, 0.3) is 0 Å². The molecule has 0 atom stereocenters. The lowest BCUT2D eigenvalue weighted by molar-refractivity contribution is 0.242. The highest BCUT2D eigenvalue weighted by Gasteiger charge is 2.04. The average molecular weight is 333 g/mol. The first-order chi connectivity index (χ1) is 11.4. The van der Waals surface area contributed by atoms with E-state index in [-0.39, 0.29) is 30.6 Å². The molecule has 4 nitrogen and oxygen atoms in total. The lowest BCUT2D eigenvalue weighted by atomic mass is 10.1. The van der Waals surface area contributed by atoms with E-state index >= 15 is 0 Å². The minimum Gasteiger partial charge on any atom is -0.491 e. The van der Waals surface area contributed by atoms with Gasteiger partial charge in [0.2, 0.25) is 0 Å². The molecule has 0 saturated carbocycles. The Morgan fingerprint density at radius 1 is 1.17 bits per heavy atom. The first kappa shape index (κ1) is 17.7. The van der Waals surface area contributed by atoms with Crippen molar-refractivity contribution in [1.29, 1.82) is 0 Å². The summed E-state index contributed by atoms with van der Waals surface area (Å²) >= 11 is 0. The van der Waals surface area contributed by atoms with Gasteiger partial charge in [-0.3, -0.25) is 4.99 Å². The number of anilines is 1. The molecule has 0 aliphatic heterocycles. The zero-order valence-corrected chi connectivity index (χ0v) is 13.7. The van der Waals surface area contributed by atoms with Crippen molar-refractivity contribution in [3.8, 4) is 5.75 Å². The summed E-state index contributed by atoms with van der Waals surface area (Å²) in [6.07, 6.45) is 0.381. The Hall–Kier alpha value is -2.63. The van der Waals surface area contributed by atoms with Crippen LogP contribution in [0.5, 0.6) is 5.75 Å². The summed E-state index contributed by atoms with van der Waals surface area (Å²) in [6.45, 7) is 4.17. The SMILES string of the molecule is CC(C)Oc1ccc(NC(N)=NCCc2cc(F)ccc2F)cc1. The topological polar surface area (TPSA) is 59.6 Å². The number of guanidine groups is 1. The highest BCUT2D eigenvalue weighted by molar-refractivity contribution is 5.92. The Morgan fingerprint density at radius 3 is 2.54 bits per heavy atom. The van der Waals surface area contributed by atoms with Crippen LogP contribution in [-0.2, 0) is 6.42 Å². The number of nitrogens with two attached hydrogens (primary N) is 1. The number of hydrogen-bond acceptors (Lipinski definition) is 2. The van der Waals surface area contributed by atoms with E-state index in [2.05, 4.69) is 10.3 Å². The van der Waals surface area contributed by atoms with E-state index in [0.29, 0.717) is 0 Å². The molecular weight excluding hydrogens is 312 g/mol. The zero-order chi connectivity index (χ0) is 17.5. The molecule has 0 aliphatic rings. The van der Waals surface area contributed by atoms with Crippen LogP contribution in [0.3, 0.4) is 0 Å². The third-order valence-electron chi connectivity index (χ3n) is 3.17. The Labute approximate surface area is 140 Å². The Kier molecular flexibility index (Phi) is 6.12. The predicted molar refractivity (Wildman–Crippen MR) is 92.4 cm³/mol. The maximum absolute atomic E-state index is 13.5. The second-order valence-electron chi connectivity index (χ2n) is 5.57. The molecule has 0 amide bonds. The molecule has 24 heavy (non-hydrogen) atoms. The summed E-state index contributed by atoms with van der Waals surface area (Å²) in [5.74, 6) is 0.0704. The molecule has 2 aromatic carbocycles. The van der Waals surface area contributed by atoms with Crippen molar-refractivity contribution in [1.82, 2.24) is 0 Å². The van der Waals surface area contributed by atoms with Crippen LogP contribution >= 0.6 is 0 Å². The Balaban J connectivity index is 1.88. The minimum atomic E-state index is -0.467. The van der Waals surface area contributed by atoms with Gasteiger partial charge in [-0.15, -0.1) is 0 Å². The molecule has 0 aliphatic carbocycles. The maximum atomic E-state index is 13.5. The van der Waals surface area contributed by atoms with Crippen LogP contribution in [0.1, 0.15) is 19.4 Å². The van der Waals surface area contributed by atoms with E-state index in [1.807, 2.05) is 38.1 Å². The normalized spacial score (nSPS) is 11.6. The minimum absolute atomic E-state index is 0.110. The van der Waals surface area contributed by atoms with E-state index in [1.165, 1.54) is 6.07 Å². The maximum Gasteiger partial charge on any atom is 0.193 e. The summed E-state index contributed by atoms with van der Waals surface area (Å²) in [5, 5.41) is 2.94. The smallest absolute Gasteiger partial charge is 0.193 e. The fourth-order valence-corrected chi connectivity index (χ4v) is 2.11. The lowest BCUT2D eigenvalue weighted by Gasteiger charge is -2.11. The van der Waals surface area contributed by atoms with Gasteiger partial charge < -0.3 is 15.8 Å². The summed E-state index contributed by atoms with van der Waals surface area (Å²) in [6, 6.07) is 10.7. The van der Waals surface area contributed by atoms with E-state index < -0.39 is 11.6 Å². The van der Waals surface area contributed by atoms with Crippen molar-refractivity contribution in [2.24, 2.45) is 10.7 Å². The molecule has 3 N–H and O–H groups in total. The number of halogens is 2. The third kappa shape index (κ3) is 5.53. The quantitative estimate of drug-likeness (QED) is 0.626. The summed E-state index contributed by atoms with van der Waals surface area (Å²) in [5.41, 5.74) is 6.84. The summed E-state index contributed by atoms with van der Waals surface area (Å²) < 4.78 is 32.1. The van der Waals surface area contributed by atoms with Crippen LogP contribution in [0.4, 0.5) is 14.5 Å². The molecule has 6 heteroatoms. The van der Waals surface area contributed by atoms with Gasteiger partial charge in [0, 0.05) is 12.2 Å². The summed E-state index contributed by atoms with van der Waals surface area (Å²) in [7, 11) is 0. The van der Waals surface area contributed by atoms with Crippen LogP contribution in [0.25, 0.3) is 0 Å². The molecular formula is C18H21F2N3O. The second kappa shape index (κ2) is 8.29. The van der Waals surface area contributed by atoms with Gasteiger partial charge in [0.1, 0.15) is 17.4 Å². The summed E-state index contributed by atoms with van der Waals surface area (Å²) in [4.78, 5) is 4.12. The lowest BCUT2D eigenvalue weighted by Crippen LogP contribution is -2.23. The molecule has 128 valence electrons. The average Bonchev–Trinajstić information content (AvgIpc) is 2.52. The first-order valence-electron chi connectivity index (χ1n) is 7.71. The molecule has 0 bridgehead atoms. The molecule has 0 saturated heterocycles. The second-order valence-corrected chi connectivity index (χ2v) is 5.57. The highest BCUT2D eigenvalue weighted by Crippen LogP contribution is 2.16. The van der Waals surface area contributed by atoms with Crippen molar-refractivity contribution in [3.05, 3.63) is 59.7 Å². The van der Waals surface area contributed by atoms with Crippen molar-refractivity contribution in [2.75, 3.05) is 11.9 Å². The van der Waals surface area contributed by atoms with Gasteiger partial charge >= 0.3 is 0 Å². The van der Waals surface area contributed by atoms with E-state index in [4.69, 9.17) is 10.5 Å². The van der Waals surface area contributed by atoms with E-state index in [0.717, 1.165) is 23.6 Å². The van der Waals surface area contributed by atoms with Gasteiger partial charge in [-0.1, -0.05) is 0 Å². The van der Waals surface area contributed by atoms with Gasteiger partial charge in [-0.05, 0) is 68.3 Å². The molecule has 0 spiro atoms. The van der Waals surface area contributed by atoms with Gasteiger partial charge in [0.15, 0.2) is 5.96 Å². The first-order valence-corrected chi connectivity index (χ1v) is 7.71. The van der Waals surface area contributed by atoms with Gasteiger partial charge in [-0.25, -0.2) is 8.78 Å². The Bertz CT molecular complexity index is 700. The number of nitrogens with one attached hydrogen (secondary N) is 1. The van der Waals surface area contributed by atoms with Crippen LogP contribution in [-0.4, -0.2) is 18.6 Å². The highest BCUT2D eigenvalue weighted by atomic mass is 19.1. The van der Waals surface area contributed by atoms with Crippen molar-refractivity contribution in [2.45, 2.75) is 26.4 Å². The van der Waals surface area contributed by atoms with Gasteiger partial charge in [0.05, 0.1) is 6.10 Å². The van der Waals surface area contributed by atoms with Crippen LogP contribution in [0, 0.1) is 11.6 Å². The molecule has 0 radical (unpaired) electrons. The fourth-order valence-electron chi connectivity index (χ4n) is 2.11. The molecule has 0 aromatic heterocycles. The predicted octanol–water partition coefficient (Wildman–Crippen LogP) is 3.72. The monoisotopic (exact) mass is 333 g/mol. The standard InChI is InChI=1S/C18H21F2N3O/c1-12(2)24-16-6-4-15(5-7-16)23-18(21)22-10-9-13-11-14(19)3-8-17(13)20/h3-8,11-12H,9-10H2,1-2H3,(H3,21,22,23). The zero-order valence-electron chi connectivity index (χ0n) is 13.7. The molecule has 0 heterocycles. The van der Waals surface area contributed by atoms with Crippen molar-refractivity contribution in [3.63, 3.8) is 0 Å². The fraction of sp³-hybridized carbons (Fsp3) is 0.278. The molecule has 0 fully saturated rings. The largest absolute Gasteiger partial charge is 0.491 e. The van der Waals surface area contributed by atoms with Crippen LogP contribution < -0.4 is 15.8 Å². The Morgan fingerprint density at radius 2 is 1.88 bits per heavy atom. The molecule has 2 rings (SSSR count). The van der Waals surface area contributed by atoms with Gasteiger partial charge in [-0.2, -0.15) is 0 Å². The van der Waals surface area contributed by atoms with Crippen LogP contribution in [0.15, 0.2) is 47.5 Å².